The Morgan fingerprint density at radius 3 is 2.50 bits per heavy atom. The third kappa shape index (κ3) is 0.960. The zero-order valence-corrected chi connectivity index (χ0v) is 5.52. The van der Waals surface area contributed by atoms with E-state index >= 15 is 0 Å². The second kappa shape index (κ2) is 1.96. The van der Waals surface area contributed by atoms with Crippen LogP contribution in [0.25, 0.3) is 0 Å². The minimum Gasteiger partial charge on any atom is -0.137 e. The van der Waals surface area contributed by atoms with Gasteiger partial charge < -0.3 is 0 Å². The molecule has 1 saturated carbocycles. The largest absolute Gasteiger partial charge is 0.495 e. The lowest BCUT2D eigenvalue weighted by Gasteiger charge is -1.92. The Morgan fingerprint density at radius 1 is 1.75 bits per heavy atom. The minimum atomic E-state index is -0.643. The second-order valence-corrected chi connectivity index (χ2v) is 2.33. The molecule has 0 N–H and O–H groups in total. The van der Waals surface area contributed by atoms with Crippen LogP contribution in [0.1, 0.15) is 12.8 Å². The highest BCUT2D eigenvalue weighted by Gasteiger charge is 2.45. The van der Waals surface area contributed by atoms with E-state index in [4.69, 9.17) is 4.52 Å². The molecular formula is C5H8O2P+. The van der Waals surface area contributed by atoms with Crippen LogP contribution in [0.4, 0.5) is 0 Å². The Balaban J connectivity index is 2.40. The average molecular weight is 131 g/mol. The number of rotatable bonds is 3. The topological polar surface area (TPSA) is 26.3 Å². The molecule has 0 saturated heterocycles. The van der Waals surface area contributed by atoms with Crippen LogP contribution in [0.15, 0.2) is 12.7 Å². The second-order valence-electron chi connectivity index (χ2n) is 1.95. The molecule has 0 aromatic heterocycles. The molecule has 0 aromatic rings. The van der Waals surface area contributed by atoms with Crippen LogP contribution in [-0.4, -0.2) is 5.60 Å². The van der Waals surface area contributed by atoms with Crippen molar-refractivity contribution >= 4 is 8.69 Å². The average Bonchev–Trinajstić information content (AvgIpc) is 2.50. The van der Waals surface area contributed by atoms with Crippen molar-refractivity contribution in [2.75, 3.05) is 0 Å². The molecule has 0 amide bonds. The van der Waals surface area contributed by atoms with E-state index < -0.39 is 8.69 Å². The van der Waals surface area contributed by atoms with Gasteiger partial charge in [-0.3, -0.25) is 0 Å². The fourth-order valence-electron chi connectivity index (χ4n) is 0.554. The van der Waals surface area contributed by atoms with E-state index in [1.54, 1.807) is 6.08 Å². The minimum absolute atomic E-state index is 0.194. The predicted molar refractivity (Wildman–Crippen MR) is 32.2 cm³/mol. The molecule has 1 atom stereocenters. The molecule has 0 bridgehead atoms. The highest BCUT2D eigenvalue weighted by molar-refractivity contribution is 7.17. The molecule has 1 unspecified atom stereocenters. The summed E-state index contributed by atoms with van der Waals surface area (Å²) in [6, 6.07) is 0. The van der Waals surface area contributed by atoms with Gasteiger partial charge in [-0.25, -0.2) is 0 Å². The molecule has 1 fully saturated rings. The Labute approximate surface area is 49.8 Å². The van der Waals surface area contributed by atoms with Gasteiger partial charge in [0.25, 0.3) is 0 Å². The molecule has 2 nitrogen and oxygen atoms in total. The van der Waals surface area contributed by atoms with Crippen molar-refractivity contribution in [3.05, 3.63) is 12.7 Å². The number of hydrogen-bond acceptors (Lipinski definition) is 2. The van der Waals surface area contributed by atoms with Crippen molar-refractivity contribution < 1.29 is 9.09 Å². The van der Waals surface area contributed by atoms with Gasteiger partial charge in [0.15, 0.2) is 0 Å². The van der Waals surface area contributed by atoms with Crippen molar-refractivity contribution in [2.45, 2.75) is 18.4 Å². The molecule has 0 radical (unpaired) electrons. The fourth-order valence-corrected chi connectivity index (χ4v) is 1.01. The van der Waals surface area contributed by atoms with Gasteiger partial charge in [-0.15, -0.1) is 11.1 Å². The summed E-state index contributed by atoms with van der Waals surface area (Å²) in [4.78, 5) is 0. The highest BCUT2D eigenvalue weighted by Crippen LogP contribution is 2.42. The lowest BCUT2D eigenvalue weighted by atomic mass is 10.3. The zero-order valence-electron chi connectivity index (χ0n) is 4.52. The van der Waals surface area contributed by atoms with Crippen LogP contribution in [0.3, 0.4) is 0 Å². The highest BCUT2D eigenvalue weighted by atomic mass is 31.1. The summed E-state index contributed by atoms with van der Waals surface area (Å²) in [7, 11) is -0.643. The molecule has 1 rings (SSSR count). The van der Waals surface area contributed by atoms with Crippen molar-refractivity contribution in [1.29, 1.82) is 0 Å². The van der Waals surface area contributed by atoms with E-state index in [1.807, 2.05) is 0 Å². The van der Waals surface area contributed by atoms with Gasteiger partial charge in [0, 0.05) is 0 Å². The normalized spacial score (nSPS) is 23.0. The molecular weight excluding hydrogens is 123 g/mol. The summed E-state index contributed by atoms with van der Waals surface area (Å²) in [5.41, 5.74) is -0.194. The van der Waals surface area contributed by atoms with Crippen molar-refractivity contribution in [2.24, 2.45) is 0 Å². The Kier molecular flexibility index (Phi) is 1.45. The Hall–Kier alpha value is -0.200. The summed E-state index contributed by atoms with van der Waals surface area (Å²) >= 11 is 0. The maximum absolute atomic E-state index is 9.90. The lowest BCUT2D eigenvalue weighted by molar-refractivity contribution is 0.255. The summed E-state index contributed by atoms with van der Waals surface area (Å²) in [6.45, 7) is 3.55. The molecule has 0 aliphatic heterocycles. The first kappa shape index (κ1) is 5.93. The van der Waals surface area contributed by atoms with Gasteiger partial charge in [0.2, 0.25) is 0 Å². The van der Waals surface area contributed by atoms with Gasteiger partial charge >= 0.3 is 8.69 Å². The molecule has 0 heterocycles. The Bertz CT molecular complexity index is 118. The molecule has 1 aliphatic carbocycles. The smallest absolute Gasteiger partial charge is 0.137 e. The molecule has 44 valence electrons. The molecule has 0 aromatic carbocycles. The van der Waals surface area contributed by atoms with E-state index in [1.165, 1.54) is 0 Å². The van der Waals surface area contributed by atoms with E-state index in [9.17, 15) is 4.57 Å². The number of hydrogen-bond donors (Lipinski definition) is 0. The molecule has 1 aliphatic rings. The van der Waals surface area contributed by atoms with Crippen LogP contribution in [-0.2, 0) is 9.09 Å². The zero-order chi connectivity index (χ0) is 6.04. The van der Waals surface area contributed by atoms with Gasteiger partial charge in [0.1, 0.15) is 5.60 Å². The van der Waals surface area contributed by atoms with Crippen LogP contribution in [0, 0.1) is 0 Å². The van der Waals surface area contributed by atoms with Crippen molar-refractivity contribution in [3.63, 3.8) is 0 Å². The monoisotopic (exact) mass is 131 g/mol. The van der Waals surface area contributed by atoms with Crippen LogP contribution in [0.5, 0.6) is 0 Å². The maximum atomic E-state index is 9.90. The maximum Gasteiger partial charge on any atom is 0.495 e. The van der Waals surface area contributed by atoms with E-state index in [2.05, 4.69) is 6.58 Å². The molecule has 3 heteroatoms. The Morgan fingerprint density at radius 2 is 2.38 bits per heavy atom. The van der Waals surface area contributed by atoms with Crippen LogP contribution >= 0.6 is 8.69 Å². The van der Waals surface area contributed by atoms with Gasteiger partial charge in [-0.1, -0.05) is 6.08 Å². The third-order valence-electron chi connectivity index (χ3n) is 1.36. The third-order valence-corrected chi connectivity index (χ3v) is 1.85. The summed E-state index contributed by atoms with van der Waals surface area (Å²) in [5, 5.41) is 0. The van der Waals surface area contributed by atoms with Gasteiger partial charge in [-0.2, -0.15) is 0 Å². The fraction of sp³-hybridized carbons (Fsp3) is 0.600. The first-order valence-corrected chi connectivity index (χ1v) is 3.33. The van der Waals surface area contributed by atoms with Gasteiger partial charge in [-0.05, 0) is 17.4 Å². The first-order valence-electron chi connectivity index (χ1n) is 2.52. The van der Waals surface area contributed by atoms with E-state index in [0.29, 0.717) is 0 Å². The van der Waals surface area contributed by atoms with E-state index in [0.717, 1.165) is 12.8 Å². The summed E-state index contributed by atoms with van der Waals surface area (Å²) in [6.07, 6.45) is 3.68. The SMILES string of the molecule is C=CC1(O[PH+]=O)CC1. The standard InChI is InChI=1S/C5H8O2P/c1-2-5(3-4-5)7-8-6/h2,8H,1,3-4H2/q+1. The first-order chi connectivity index (χ1) is 3.83. The summed E-state index contributed by atoms with van der Waals surface area (Å²) in [5.74, 6) is 0. The van der Waals surface area contributed by atoms with Crippen molar-refractivity contribution in [3.8, 4) is 0 Å². The predicted octanol–water partition coefficient (Wildman–Crippen LogP) is 1.66. The van der Waals surface area contributed by atoms with Gasteiger partial charge in [0.05, 0.1) is 0 Å². The van der Waals surface area contributed by atoms with Crippen LogP contribution in [0.2, 0.25) is 0 Å². The lowest BCUT2D eigenvalue weighted by Crippen LogP contribution is -2.00. The molecule has 0 spiro atoms. The van der Waals surface area contributed by atoms with E-state index in [-0.39, 0.29) is 5.60 Å². The molecule has 8 heavy (non-hydrogen) atoms. The quantitative estimate of drug-likeness (QED) is 0.430. The summed E-state index contributed by atoms with van der Waals surface area (Å²) < 4.78 is 14.7. The van der Waals surface area contributed by atoms with Crippen molar-refractivity contribution in [1.82, 2.24) is 0 Å². The van der Waals surface area contributed by atoms with Crippen LogP contribution < -0.4 is 0 Å².